The van der Waals surface area contributed by atoms with Gasteiger partial charge in [-0.25, -0.2) is 19.2 Å². The fourth-order valence-corrected chi connectivity index (χ4v) is 5.60. The van der Waals surface area contributed by atoms with Gasteiger partial charge < -0.3 is 34.5 Å². The third-order valence-electron chi connectivity index (χ3n) is 6.75. The molecule has 0 unspecified atom stereocenters. The molecule has 17 heteroatoms. The van der Waals surface area contributed by atoms with E-state index in [0.717, 1.165) is 16.0 Å². The average molecular weight is 798 g/mol. The molecule has 16 nitrogen and oxygen atoms in total. The van der Waals surface area contributed by atoms with Gasteiger partial charge in [-0.15, -0.1) is 21.3 Å². The van der Waals surface area contributed by atoms with Crippen LogP contribution in [0.4, 0.5) is 24.9 Å². The van der Waals surface area contributed by atoms with Crippen LogP contribution in [0.5, 0.6) is 0 Å². The Balaban J connectivity index is 1.64. The molecule has 3 rings (SSSR count). The zero-order chi connectivity index (χ0) is 42.1. The van der Waals surface area contributed by atoms with E-state index in [1.807, 2.05) is 12.1 Å². The first kappa shape index (κ1) is 44.9. The van der Waals surface area contributed by atoms with Gasteiger partial charge in [0, 0.05) is 30.2 Å². The summed E-state index contributed by atoms with van der Waals surface area (Å²) in [5.74, 6) is -0.414. The monoisotopic (exact) mass is 797 g/mol. The first-order valence-corrected chi connectivity index (χ1v) is 18.9. The van der Waals surface area contributed by atoms with Crippen molar-refractivity contribution in [2.75, 3.05) is 18.4 Å². The van der Waals surface area contributed by atoms with E-state index in [9.17, 15) is 24.0 Å². The van der Waals surface area contributed by atoms with Crippen molar-refractivity contribution in [2.24, 2.45) is 9.98 Å². The molecule has 0 fully saturated rings. The molecule has 0 bridgehead atoms. The van der Waals surface area contributed by atoms with Crippen molar-refractivity contribution in [2.45, 2.75) is 118 Å². The number of aliphatic imine (C=N–C) groups is 2. The number of carbonyl (C=O) groups excluding carboxylic acids is 5. The molecule has 2 heterocycles. The third kappa shape index (κ3) is 16.9. The fraction of sp³-hybridized carbons (Fsp3) is 0.513. The quantitative estimate of drug-likeness (QED) is 0.131. The van der Waals surface area contributed by atoms with Crippen LogP contribution in [-0.4, -0.2) is 82.6 Å². The van der Waals surface area contributed by atoms with Crippen molar-refractivity contribution >= 4 is 64.8 Å². The lowest BCUT2D eigenvalue weighted by Crippen LogP contribution is -2.47. The maximum Gasteiger partial charge on any atom is 0.437 e. The summed E-state index contributed by atoms with van der Waals surface area (Å²) in [6.07, 6.45) is -0.767. The number of nitrogens with zero attached hydrogens (tertiary/aromatic N) is 3. The van der Waals surface area contributed by atoms with Crippen LogP contribution in [-0.2, 0) is 25.5 Å². The maximum absolute atomic E-state index is 13.2. The second kappa shape index (κ2) is 18.5. The number of benzene rings is 1. The van der Waals surface area contributed by atoms with Gasteiger partial charge in [0.2, 0.25) is 11.9 Å². The Morgan fingerprint density at radius 2 is 1.23 bits per heavy atom. The Morgan fingerprint density at radius 3 is 1.75 bits per heavy atom. The van der Waals surface area contributed by atoms with Crippen LogP contribution in [0.15, 0.2) is 52.5 Å². The van der Waals surface area contributed by atoms with Gasteiger partial charge in [-0.05, 0) is 125 Å². The number of hydrogen-bond acceptors (Lipinski definition) is 10. The van der Waals surface area contributed by atoms with Gasteiger partial charge in [0.05, 0.1) is 4.88 Å². The van der Waals surface area contributed by atoms with Gasteiger partial charge in [0.15, 0.2) is 0 Å². The molecule has 5 amide bonds. The molecule has 306 valence electrons. The Hall–Kier alpha value is -5.45. The van der Waals surface area contributed by atoms with E-state index in [1.165, 1.54) is 11.3 Å². The summed E-state index contributed by atoms with van der Waals surface area (Å²) in [7, 11) is 0. The minimum Gasteiger partial charge on any atom is -0.444 e. The minimum absolute atomic E-state index is 0.0173. The maximum atomic E-state index is 13.2. The minimum atomic E-state index is -0.890. The molecule has 0 spiro atoms. The smallest absolute Gasteiger partial charge is 0.437 e. The number of guanidine groups is 2. The van der Waals surface area contributed by atoms with E-state index in [2.05, 4.69) is 31.3 Å². The summed E-state index contributed by atoms with van der Waals surface area (Å²) in [6, 6.07) is 10.6. The van der Waals surface area contributed by atoms with Crippen LogP contribution in [0.2, 0.25) is 0 Å². The molecule has 0 atom stereocenters. The largest absolute Gasteiger partial charge is 0.444 e. The van der Waals surface area contributed by atoms with Crippen molar-refractivity contribution in [3.8, 4) is 0 Å². The molecule has 0 radical (unpaired) electrons. The van der Waals surface area contributed by atoms with Crippen LogP contribution < -0.4 is 21.3 Å². The van der Waals surface area contributed by atoms with Crippen LogP contribution in [0.25, 0.3) is 5.57 Å². The van der Waals surface area contributed by atoms with E-state index >= 15 is 0 Å². The Labute approximate surface area is 332 Å². The van der Waals surface area contributed by atoms with Gasteiger partial charge >= 0.3 is 24.4 Å². The number of thiophene rings is 1. The standard InChI is InChI=1S/C39H55N7O9S/c1-36(2,3)52-32(48)42-30(43-33(49)53-37(4,5)6)40-23-24-13-15-26(16-14-24)41-29(47)28-18-17-27(56-28)25-19-21-46(22-20-25)31(44-34(50)54-38(7,8)9)45-35(51)55-39(10,11)12/h13-19H,20-23H2,1-12H3,(H,41,47)(H,44,45,50,51)(H2,40,42,43,48,49). The first-order valence-electron chi connectivity index (χ1n) is 18.1. The number of ether oxygens (including phenoxy) is 4. The van der Waals surface area contributed by atoms with Gasteiger partial charge in [0.25, 0.3) is 5.91 Å². The number of rotatable bonds is 5. The number of anilines is 1. The highest BCUT2D eigenvalue weighted by atomic mass is 32.1. The Bertz CT molecular complexity index is 1840. The first-order chi connectivity index (χ1) is 25.7. The number of nitrogens with one attached hydrogen (secondary N) is 4. The molecular weight excluding hydrogens is 743 g/mol. The molecule has 0 saturated carbocycles. The Kier molecular flexibility index (Phi) is 14.8. The molecule has 0 saturated heterocycles. The van der Waals surface area contributed by atoms with Crippen molar-refractivity contribution in [1.29, 1.82) is 0 Å². The summed E-state index contributed by atoms with van der Waals surface area (Å²) in [4.78, 5) is 74.1. The number of alkyl carbamates (subject to hydrolysis) is 2. The number of carbonyl (C=O) groups is 5. The van der Waals surface area contributed by atoms with E-state index in [-0.39, 0.29) is 24.4 Å². The molecule has 1 aromatic heterocycles. The van der Waals surface area contributed by atoms with Gasteiger partial charge in [-0.1, -0.05) is 18.2 Å². The van der Waals surface area contributed by atoms with Crippen molar-refractivity contribution in [3.05, 3.63) is 57.8 Å². The number of hydrogen-bond donors (Lipinski definition) is 4. The molecule has 2 aromatic rings. The van der Waals surface area contributed by atoms with Crippen molar-refractivity contribution in [3.63, 3.8) is 0 Å². The highest BCUT2D eigenvalue weighted by Crippen LogP contribution is 2.30. The van der Waals surface area contributed by atoms with E-state index in [1.54, 1.807) is 118 Å². The molecule has 56 heavy (non-hydrogen) atoms. The third-order valence-corrected chi connectivity index (χ3v) is 7.91. The summed E-state index contributed by atoms with van der Waals surface area (Å²) in [5.41, 5.74) is -0.745. The fourth-order valence-electron chi connectivity index (χ4n) is 4.63. The van der Waals surface area contributed by atoms with Crippen LogP contribution >= 0.6 is 11.3 Å². The summed E-state index contributed by atoms with van der Waals surface area (Å²) in [5, 5.41) is 10.9. The SMILES string of the molecule is CC(C)(C)OC(=O)/N=C(/NCc1ccc(NC(=O)c2ccc(C3=CCN(/C(=N\C(=O)OC(C)(C)C)NC(=O)OC(C)(C)C)CC3)s2)cc1)NC(=O)OC(C)(C)C. The lowest BCUT2D eigenvalue weighted by Gasteiger charge is -2.30. The Morgan fingerprint density at radius 1 is 0.696 bits per heavy atom. The average Bonchev–Trinajstić information content (AvgIpc) is 3.51. The summed E-state index contributed by atoms with van der Waals surface area (Å²) < 4.78 is 21.2. The summed E-state index contributed by atoms with van der Waals surface area (Å²) >= 11 is 1.34. The lowest BCUT2D eigenvalue weighted by atomic mass is 10.1. The molecular formula is C39H55N7O9S. The summed E-state index contributed by atoms with van der Waals surface area (Å²) in [6.45, 7) is 21.6. The predicted octanol–water partition coefficient (Wildman–Crippen LogP) is 7.81. The van der Waals surface area contributed by atoms with Crippen molar-refractivity contribution < 1.29 is 42.9 Å². The van der Waals surface area contributed by atoms with Crippen LogP contribution in [0.1, 0.15) is 110 Å². The van der Waals surface area contributed by atoms with Gasteiger partial charge in [0.1, 0.15) is 22.4 Å². The molecule has 1 aliphatic heterocycles. The highest BCUT2D eigenvalue weighted by molar-refractivity contribution is 7.15. The lowest BCUT2D eigenvalue weighted by molar-refractivity contribution is 0.0539. The normalized spacial score (nSPS) is 14.2. The molecule has 0 aliphatic carbocycles. The molecule has 4 N–H and O–H groups in total. The second-order valence-corrected chi connectivity index (χ2v) is 17.8. The van der Waals surface area contributed by atoms with E-state index in [0.29, 0.717) is 30.1 Å². The van der Waals surface area contributed by atoms with Crippen LogP contribution in [0.3, 0.4) is 0 Å². The van der Waals surface area contributed by atoms with Gasteiger partial charge in [-0.3, -0.25) is 15.4 Å². The molecule has 1 aliphatic rings. The van der Waals surface area contributed by atoms with Crippen LogP contribution in [0, 0.1) is 0 Å². The zero-order valence-electron chi connectivity index (χ0n) is 34.3. The molecule has 1 aromatic carbocycles. The number of amides is 5. The predicted molar refractivity (Wildman–Crippen MR) is 216 cm³/mol. The van der Waals surface area contributed by atoms with Gasteiger partial charge in [-0.2, -0.15) is 0 Å². The topological polar surface area (TPSA) is 198 Å². The van der Waals surface area contributed by atoms with E-state index < -0.39 is 46.8 Å². The highest BCUT2D eigenvalue weighted by Gasteiger charge is 2.26. The van der Waals surface area contributed by atoms with E-state index in [4.69, 9.17) is 18.9 Å². The second-order valence-electron chi connectivity index (χ2n) is 16.7. The zero-order valence-corrected chi connectivity index (χ0v) is 35.1. The van der Waals surface area contributed by atoms with Crippen molar-refractivity contribution in [1.82, 2.24) is 20.9 Å².